The lowest BCUT2D eigenvalue weighted by Gasteiger charge is -2.07. The minimum atomic E-state index is -0.128. The zero-order chi connectivity index (χ0) is 13.1. The Labute approximate surface area is 107 Å². The Morgan fingerprint density at radius 3 is 2.83 bits per heavy atom. The average Bonchev–Trinajstić information content (AvgIpc) is 2.56. The highest BCUT2D eigenvalue weighted by atomic mass is 16.5. The number of carbonyl (C=O) groups is 1. The molecule has 0 aromatic rings. The predicted octanol–water partition coefficient (Wildman–Crippen LogP) is 3.10. The molecule has 0 aromatic heterocycles. The smallest absolute Gasteiger partial charge is 0.259 e. The number of ether oxygens (including phenoxy) is 1. The number of hydrogen-bond donors (Lipinski definition) is 1. The molecule has 1 aliphatic heterocycles. The largest absolute Gasteiger partial charge is 0.459 e. The summed E-state index contributed by atoms with van der Waals surface area (Å²) in [5.74, 6) is 1.21. The molecule has 0 radical (unpaired) electrons. The van der Waals surface area contributed by atoms with Crippen molar-refractivity contribution in [2.24, 2.45) is 0 Å². The number of carbonyl (C=O) groups excluding carboxylic acids is 1. The zero-order valence-corrected chi connectivity index (χ0v) is 10.9. The lowest BCUT2D eigenvalue weighted by Crippen LogP contribution is -2.22. The Kier molecular flexibility index (Phi) is 3.51. The van der Waals surface area contributed by atoms with E-state index in [2.05, 4.69) is 5.32 Å². The van der Waals surface area contributed by atoms with Crippen LogP contribution in [0.1, 0.15) is 27.2 Å². The third-order valence-corrected chi connectivity index (χ3v) is 2.88. The van der Waals surface area contributed by atoms with Gasteiger partial charge in [0.2, 0.25) is 0 Å². The van der Waals surface area contributed by atoms with Gasteiger partial charge < -0.3 is 10.1 Å². The molecule has 94 valence electrons. The predicted molar refractivity (Wildman–Crippen MR) is 71.3 cm³/mol. The van der Waals surface area contributed by atoms with Crippen molar-refractivity contribution >= 4 is 5.91 Å². The summed E-state index contributed by atoms with van der Waals surface area (Å²) >= 11 is 0. The Hall–Kier alpha value is -2.03. The lowest BCUT2D eigenvalue weighted by molar-refractivity contribution is -0.116. The fraction of sp³-hybridized carbons (Fsp3) is 0.267. The number of rotatable bonds is 1. The summed E-state index contributed by atoms with van der Waals surface area (Å²) in [6.45, 7) is 5.79. The van der Waals surface area contributed by atoms with Gasteiger partial charge in [0.05, 0.1) is 11.3 Å². The minimum absolute atomic E-state index is 0.128. The van der Waals surface area contributed by atoms with Gasteiger partial charge in [-0.25, -0.2) is 0 Å². The molecular formula is C15H17NO2. The van der Waals surface area contributed by atoms with Crippen molar-refractivity contribution in [2.45, 2.75) is 27.2 Å². The molecule has 0 atom stereocenters. The van der Waals surface area contributed by atoms with Crippen molar-refractivity contribution in [2.75, 3.05) is 0 Å². The first-order valence-corrected chi connectivity index (χ1v) is 6.02. The molecule has 0 fully saturated rings. The third-order valence-electron chi connectivity index (χ3n) is 2.88. The minimum Gasteiger partial charge on any atom is -0.459 e. The summed E-state index contributed by atoms with van der Waals surface area (Å²) in [5.41, 5.74) is 2.48. The van der Waals surface area contributed by atoms with Gasteiger partial charge in [0, 0.05) is 0 Å². The van der Waals surface area contributed by atoms with Gasteiger partial charge in [-0.05, 0) is 45.4 Å². The van der Waals surface area contributed by atoms with Crippen LogP contribution < -0.4 is 5.32 Å². The first-order chi connectivity index (χ1) is 8.61. The van der Waals surface area contributed by atoms with Crippen molar-refractivity contribution in [3.05, 3.63) is 58.7 Å². The summed E-state index contributed by atoms with van der Waals surface area (Å²) in [4.78, 5) is 12.1. The molecule has 0 saturated heterocycles. The number of amides is 1. The molecule has 3 nitrogen and oxygen atoms in total. The Balaban J connectivity index is 2.43. The molecule has 1 aliphatic carbocycles. The standard InChI is InChI=1S/C15H17NO2/c1-4-5-13-11(3)18-14-9-7-10(2)6-8-12(14)15(17)16-13/h4-6,8-9H,7H2,1-3H3,(H,16,17)/b5-4-. The van der Waals surface area contributed by atoms with Crippen LogP contribution in [-0.2, 0) is 9.53 Å². The second kappa shape index (κ2) is 5.08. The van der Waals surface area contributed by atoms with E-state index in [-0.39, 0.29) is 5.91 Å². The van der Waals surface area contributed by atoms with Gasteiger partial charge in [-0.1, -0.05) is 17.7 Å². The molecular weight excluding hydrogens is 226 g/mol. The molecule has 0 saturated carbocycles. The van der Waals surface area contributed by atoms with Crippen LogP contribution in [0.25, 0.3) is 0 Å². The highest BCUT2D eigenvalue weighted by Crippen LogP contribution is 2.25. The quantitative estimate of drug-likeness (QED) is 0.768. The second-order valence-corrected chi connectivity index (χ2v) is 4.39. The van der Waals surface area contributed by atoms with E-state index in [0.717, 1.165) is 6.42 Å². The molecule has 1 N–H and O–H groups in total. The number of allylic oxidation sites excluding steroid dienone is 7. The summed E-state index contributed by atoms with van der Waals surface area (Å²) in [5, 5.41) is 2.86. The average molecular weight is 243 g/mol. The van der Waals surface area contributed by atoms with Crippen molar-refractivity contribution in [3.8, 4) is 0 Å². The first kappa shape index (κ1) is 12.4. The maximum Gasteiger partial charge on any atom is 0.259 e. The van der Waals surface area contributed by atoms with Gasteiger partial charge in [0.1, 0.15) is 11.5 Å². The highest BCUT2D eigenvalue weighted by molar-refractivity contribution is 5.99. The monoisotopic (exact) mass is 243 g/mol. The van der Waals surface area contributed by atoms with Crippen LogP contribution in [-0.4, -0.2) is 5.91 Å². The van der Waals surface area contributed by atoms with Gasteiger partial charge in [-0.15, -0.1) is 0 Å². The number of nitrogens with one attached hydrogen (secondary N) is 1. The van der Waals surface area contributed by atoms with Crippen molar-refractivity contribution in [3.63, 3.8) is 0 Å². The van der Waals surface area contributed by atoms with E-state index < -0.39 is 0 Å². The van der Waals surface area contributed by atoms with Crippen LogP contribution in [0.15, 0.2) is 58.7 Å². The van der Waals surface area contributed by atoms with E-state index >= 15 is 0 Å². The van der Waals surface area contributed by atoms with E-state index in [4.69, 9.17) is 4.74 Å². The molecule has 2 rings (SSSR count). The lowest BCUT2D eigenvalue weighted by atomic mass is 10.2. The molecule has 3 heteroatoms. The topological polar surface area (TPSA) is 38.3 Å². The Morgan fingerprint density at radius 1 is 1.33 bits per heavy atom. The summed E-state index contributed by atoms with van der Waals surface area (Å²) in [6, 6.07) is 0. The van der Waals surface area contributed by atoms with Gasteiger partial charge >= 0.3 is 0 Å². The number of fused-ring (bicyclic) bond motifs is 1. The third kappa shape index (κ3) is 2.45. The van der Waals surface area contributed by atoms with E-state index in [1.54, 1.807) is 0 Å². The molecule has 0 spiro atoms. The van der Waals surface area contributed by atoms with Crippen LogP contribution in [0.2, 0.25) is 0 Å². The van der Waals surface area contributed by atoms with Crippen molar-refractivity contribution < 1.29 is 9.53 Å². The van der Waals surface area contributed by atoms with Crippen LogP contribution in [0, 0.1) is 0 Å². The van der Waals surface area contributed by atoms with Crippen LogP contribution in [0.3, 0.4) is 0 Å². The van der Waals surface area contributed by atoms with Crippen LogP contribution in [0.5, 0.6) is 0 Å². The Bertz CT molecular complexity index is 531. The molecule has 1 amide bonds. The van der Waals surface area contributed by atoms with Crippen molar-refractivity contribution in [1.82, 2.24) is 5.32 Å². The molecule has 1 heterocycles. The fourth-order valence-electron chi connectivity index (χ4n) is 1.85. The van der Waals surface area contributed by atoms with Crippen LogP contribution >= 0.6 is 0 Å². The van der Waals surface area contributed by atoms with Gasteiger partial charge in [0.15, 0.2) is 0 Å². The number of hydrogen-bond acceptors (Lipinski definition) is 2. The summed E-state index contributed by atoms with van der Waals surface area (Å²) in [6.07, 6.45) is 10.2. The highest BCUT2D eigenvalue weighted by Gasteiger charge is 2.23. The fourth-order valence-corrected chi connectivity index (χ4v) is 1.85. The SMILES string of the molecule is C/C=C\C1=C(C)OC2=CCC(C)=CC=C2C(=O)N1. The zero-order valence-electron chi connectivity index (χ0n) is 10.9. The maximum absolute atomic E-state index is 12.1. The molecule has 18 heavy (non-hydrogen) atoms. The summed E-state index contributed by atoms with van der Waals surface area (Å²) in [7, 11) is 0. The molecule has 0 unspecified atom stereocenters. The van der Waals surface area contributed by atoms with E-state index in [1.165, 1.54) is 5.57 Å². The van der Waals surface area contributed by atoms with Gasteiger partial charge in [0.25, 0.3) is 5.91 Å². The van der Waals surface area contributed by atoms with Gasteiger partial charge in [-0.2, -0.15) is 0 Å². The van der Waals surface area contributed by atoms with Crippen LogP contribution in [0.4, 0.5) is 0 Å². The molecule has 0 bridgehead atoms. The van der Waals surface area contributed by atoms with Crippen molar-refractivity contribution in [1.29, 1.82) is 0 Å². The maximum atomic E-state index is 12.1. The first-order valence-electron chi connectivity index (χ1n) is 6.02. The van der Waals surface area contributed by atoms with E-state index in [9.17, 15) is 4.79 Å². The summed E-state index contributed by atoms with van der Waals surface area (Å²) < 4.78 is 5.78. The molecule has 2 aliphatic rings. The van der Waals surface area contributed by atoms with E-state index in [0.29, 0.717) is 22.8 Å². The molecule has 0 aromatic carbocycles. The normalized spacial score (nSPS) is 20.2. The van der Waals surface area contributed by atoms with E-state index in [1.807, 2.05) is 51.2 Å². The Morgan fingerprint density at radius 2 is 2.11 bits per heavy atom. The van der Waals surface area contributed by atoms with Gasteiger partial charge in [-0.3, -0.25) is 4.79 Å². The second-order valence-electron chi connectivity index (χ2n) is 4.39.